The van der Waals surface area contributed by atoms with Gasteiger partial charge in [-0.2, -0.15) is 0 Å². The Hall–Kier alpha value is -1.88. The molecule has 0 unspecified atom stereocenters. The van der Waals surface area contributed by atoms with Crippen LogP contribution in [-0.2, 0) is 4.74 Å². The van der Waals surface area contributed by atoms with E-state index >= 15 is 0 Å². The standard InChI is InChI=1S/C19H25NO4/c1-14(21)15-9-5-6-10-16(15)24-17(22)20-18(2,3)13-23-19(20)11-7-4-8-12-19/h5-6,9-10H,4,7-8,11-13H2,1-3H3. The fourth-order valence-electron chi connectivity index (χ4n) is 3.86. The zero-order valence-corrected chi connectivity index (χ0v) is 14.6. The van der Waals surface area contributed by atoms with E-state index in [-0.39, 0.29) is 5.78 Å². The summed E-state index contributed by atoms with van der Waals surface area (Å²) in [7, 11) is 0. The molecule has 1 aromatic carbocycles. The van der Waals surface area contributed by atoms with Crippen LogP contribution in [0, 0.1) is 0 Å². The molecular formula is C19H25NO4. The van der Waals surface area contributed by atoms with E-state index in [4.69, 9.17) is 9.47 Å². The molecular weight excluding hydrogens is 306 g/mol. The summed E-state index contributed by atoms with van der Waals surface area (Å²) < 4.78 is 11.7. The monoisotopic (exact) mass is 331 g/mol. The lowest BCUT2D eigenvalue weighted by molar-refractivity contribution is -0.0985. The zero-order valence-electron chi connectivity index (χ0n) is 14.6. The zero-order chi connectivity index (χ0) is 17.4. The van der Waals surface area contributed by atoms with E-state index in [2.05, 4.69) is 0 Å². The largest absolute Gasteiger partial charge is 0.418 e. The maximum atomic E-state index is 13.0. The Balaban J connectivity index is 1.89. The Labute approximate surface area is 142 Å². The molecule has 1 aromatic rings. The number of ketones is 1. The van der Waals surface area contributed by atoms with Gasteiger partial charge in [-0.15, -0.1) is 0 Å². The Morgan fingerprint density at radius 3 is 2.46 bits per heavy atom. The second kappa shape index (κ2) is 6.20. The molecule has 1 heterocycles. The lowest BCUT2D eigenvalue weighted by Gasteiger charge is -2.43. The highest BCUT2D eigenvalue weighted by atomic mass is 16.6. The number of rotatable bonds is 2. The van der Waals surface area contributed by atoms with Crippen molar-refractivity contribution in [1.29, 1.82) is 0 Å². The number of Topliss-reactive ketones (excluding diaryl/α,β-unsaturated/α-hetero) is 1. The summed E-state index contributed by atoms with van der Waals surface area (Å²) in [5.74, 6) is 0.186. The minimum absolute atomic E-state index is 0.122. The van der Waals surface area contributed by atoms with Crippen LogP contribution >= 0.6 is 0 Å². The fourth-order valence-corrected chi connectivity index (χ4v) is 3.86. The van der Waals surface area contributed by atoms with Gasteiger partial charge in [-0.3, -0.25) is 9.69 Å². The lowest BCUT2D eigenvalue weighted by Crippen LogP contribution is -2.57. The van der Waals surface area contributed by atoms with Crippen LogP contribution in [0.15, 0.2) is 24.3 Å². The molecule has 5 heteroatoms. The average molecular weight is 331 g/mol. The van der Waals surface area contributed by atoms with Crippen molar-refractivity contribution in [2.24, 2.45) is 0 Å². The molecule has 2 aliphatic rings. The molecule has 0 atom stereocenters. The van der Waals surface area contributed by atoms with E-state index in [9.17, 15) is 9.59 Å². The van der Waals surface area contributed by atoms with Crippen LogP contribution in [0.2, 0.25) is 0 Å². The molecule has 5 nitrogen and oxygen atoms in total. The van der Waals surface area contributed by atoms with Gasteiger partial charge >= 0.3 is 6.09 Å². The molecule has 130 valence electrons. The Bertz CT molecular complexity index is 647. The quantitative estimate of drug-likeness (QED) is 0.764. The van der Waals surface area contributed by atoms with Crippen molar-refractivity contribution in [3.63, 3.8) is 0 Å². The first-order valence-corrected chi connectivity index (χ1v) is 8.62. The number of hydrogen-bond donors (Lipinski definition) is 0. The maximum absolute atomic E-state index is 13.0. The van der Waals surface area contributed by atoms with Crippen LogP contribution in [0.1, 0.15) is 63.2 Å². The van der Waals surface area contributed by atoms with Crippen molar-refractivity contribution in [2.75, 3.05) is 6.61 Å². The van der Waals surface area contributed by atoms with E-state index in [0.29, 0.717) is 17.9 Å². The van der Waals surface area contributed by atoms with E-state index in [1.807, 2.05) is 13.8 Å². The summed E-state index contributed by atoms with van der Waals surface area (Å²) in [5, 5.41) is 0. The maximum Gasteiger partial charge on any atom is 0.418 e. The molecule has 0 radical (unpaired) electrons. The molecule has 3 rings (SSSR count). The molecule has 1 aliphatic heterocycles. The third-order valence-electron chi connectivity index (χ3n) is 4.99. The van der Waals surface area contributed by atoms with Crippen LogP contribution in [0.5, 0.6) is 5.75 Å². The SMILES string of the molecule is CC(=O)c1ccccc1OC(=O)N1C(C)(C)COC12CCCCC2. The van der Waals surface area contributed by atoms with Gasteiger partial charge in [-0.05, 0) is 58.6 Å². The Kier molecular flexibility index (Phi) is 4.38. The first-order valence-electron chi connectivity index (χ1n) is 8.62. The number of nitrogens with zero attached hydrogens (tertiary/aromatic N) is 1. The van der Waals surface area contributed by atoms with E-state index < -0.39 is 17.4 Å². The molecule has 1 spiro atoms. The van der Waals surface area contributed by atoms with E-state index in [0.717, 1.165) is 25.7 Å². The van der Waals surface area contributed by atoms with Gasteiger partial charge in [0.2, 0.25) is 0 Å². The van der Waals surface area contributed by atoms with Gasteiger partial charge in [0.15, 0.2) is 5.78 Å². The number of benzene rings is 1. The average Bonchev–Trinajstić information content (AvgIpc) is 2.79. The number of carbonyl (C=O) groups excluding carboxylic acids is 2. The second-order valence-electron chi connectivity index (χ2n) is 7.36. The summed E-state index contributed by atoms with van der Waals surface area (Å²) in [6.07, 6.45) is 4.49. The molecule has 1 aliphatic carbocycles. The van der Waals surface area contributed by atoms with Gasteiger partial charge in [-0.1, -0.05) is 18.6 Å². The predicted molar refractivity (Wildman–Crippen MR) is 90.2 cm³/mol. The molecule has 1 saturated carbocycles. The molecule has 0 aromatic heterocycles. The van der Waals surface area contributed by atoms with Crippen LogP contribution in [0.3, 0.4) is 0 Å². The van der Waals surface area contributed by atoms with Crippen LogP contribution in [-0.4, -0.2) is 34.6 Å². The van der Waals surface area contributed by atoms with Gasteiger partial charge in [0, 0.05) is 0 Å². The summed E-state index contributed by atoms with van der Waals surface area (Å²) in [6.45, 7) is 5.96. The number of para-hydroxylation sites is 1. The van der Waals surface area contributed by atoms with E-state index in [1.165, 1.54) is 13.3 Å². The highest BCUT2D eigenvalue weighted by Crippen LogP contribution is 2.44. The lowest BCUT2D eigenvalue weighted by atomic mass is 9.89. The molecule has 0 bridgehead atoms. The number of hydrogen-bond acceptors (Lipinski definition) is 4. The van der Waals surface area contributed by atoms with E-state index in [1.54, 1.807) is 29.2 Å². The van der Waals surface area contributed by atoms with Crippen molar-refractivity contribution in [3.8, 4) is 5.75 Å². The molecule has 2 fully saturated rings. The van der Waals surface area contributed by atoms with Crippen molar-refractivity contribution < 1.29 is 19.1 Å². The molecule has 1 saturated heterocycles. The summed E-state index contributed by atoms with van der Waals surface area (Å²) in [5.41, 5.74) is -0.578. The predicted octanol–water partition coefficient (Wildman–Crippen LogP) is 4.16. The molecule has 24 heavy (non-hydrogen) atoms. The third-order valence-corrected chi connectivity index (χ3v) is 4.99. The van der Waals surface area contributed by atoms with Crippen molar-refractivity contribution >= 4 is 11.9 Å². The van der Waals surface area contributed by atoms with Crippen molar-refractivity contribution in [3.05, 3.63) is 29.8 Å². The van der Waals surface area contributed by atoms with Crippen LogP contribution in [0.25, 0.3) is 0 Å². The number of carbonyl (C=O) groups is 2. The van der Waals surface area contributed by atoms with Crippen LogP contribution in [0.4, 0.5) is 4.79 Å². The van der Waals surface area contributed by atoms with Gasteiger partial charge in [0.25, 0.3) is 0 Å². The van der Waals surface area contributed by atoms with Gasteiger partial charge in [0.1, 0.15) is 11.5 Å². The van der Waals surface area contributed by atoms with Gasteiger partial charge in [-0.25, -0.2) is 4.79 Å². The van der Waals surface area contributed by atoms with Crippen LogP contribution < -0.4 is 4.74 Å². The smallest absolute Gasteiger partial charge is 0.409 e. The van der Waals surface area contributed by atoms with Crippen molar-refractivity contribution in [1.82, 2.24) is 4.90 Å². The first-order chi connectivity index (χ1) is 11.4. The highest BCUT2D eigenvalue weighted by molar-refractivity contribution is 5.97. The number of amides is 1. The summed E-state index contributed by atoms with van der Waals surface area (Å²) in [4.78, 5) is 26.5. The first kappa shape index (κ1) is 17.0. The van der Waals surface area contributed by atoms with Gasteiger partial charge < -0.3 is 9.47 Å². The summed E-state index contributed by atoms with van der Waals surface area (Å²) >= 11 is 0. The topological polar surface area (TPSA) is 55.8 Å². The highest BCUT2D eigenvalue weighted by Gasteiger charge is 2.55. The number of ether oxygens (including phenoxy) is 2. The summed E-state index contributed by atoms with van der Waals surface area (Å²) in [6, 6.07) is 6.86. The normalized spacial score (nSPS) is 21.7. The minimum atomic E-state index is -0.565. The Morgan fingerprint density at radius 2 is 1.79 bits per heavy atom. The van der Waals surface area contributed by atoms with Gasteiger partial charge in [0.05, 0.1) is 17.7 Å². The molecule has 1 amide bonds. The minimum Gasteiger partial charge on any atom is -0.409 e. The Morgan fingerprint density at radius 1 is 1.12 bits per heavy atom. The molecule has 0 N–H and O–H groups in total. The second-order valence-corrected chi connectivity index (χ2v) is 7.36. The third kappa shape index (κ3) is 2.93. The van der Waals surface area contributed by atoms with Crippen molar-refractivity contribution in [2.45, 2.75) is 64.1 Å². The fraction of sp³-hybridized carbons (Fsp3) is 0.579.